The van der Waals surface area contributed by atoms with E-state index in [1.807, 2.05) is 0 Å². The molecule has 0 N–H and O–H groups in total. The van der Waals surface area contributed by atoms with Crippen molar-refractivity contribution >= 4 is 0 Å². The Balaban J connectivity index is 2.82. The van der Waals surface area contributed by atoms with Gasteiger partial charge in [0.25, 0.3) is 0 Å². The Kier molecular flexibility index (Phi) is 3.52. The molecule has 0 aliphatic rings. The summed E-state index contributed by atoms with van der Waals surface area (Å²) in [6, 6.07) is 0. The lowest BCUT2D eigenvalue weighted by atomic mass is 10.4. The summed E-state index contributed by atoms with van der Waals surface area (Å²) in [6.07, 6.45) is 0. The molecule has 1 heteroatoms. The third-order valence-corrected chi connectivity index (χ3v) is 0.451. The second kappa shape index (κ2) is 3.75. The van der Waals surface area contributed by atoms with Gasteiger partial charge in [-0.1, -0.05) is 6.61 Å². The third-order valence-electron chi connectivity index (χ3n) is 0.451. The van der Waals surface area contributed by atoms with E-state index in [0.29, 0.717) is 13.2 Å². The largest absolute Gasteiger partial charge is 0.405 e. The van der Waals surface area contributed by atoms with Crippen molar-refractivity contribution in [2.24, 2.45) is 0 Å². The van der Waals surface area contributed by atoms with E-state index in [9.17, 15) is 0 Å². The maximum Gasteiger partial charge on any atom is 0.122 e. The van der Waals surface area contributed by atoms with Crippen molar-refractivity contribution in [1.82, 2.24) is 0 Å². The first-order valence-electron chi connectivity index (χ1n) is 2.14. The Morgan fingerprint density at radius 3 is 2.57 bits per heavy atom. The van der Waals surface area contributed by atoms with Crippen molar-refractivity contribution in [1.29, 1.82) is 0 Å². The van der Waals surface area contributed by atoms with Crippen LogP contribution in [-0.4, -0.2) is 13.2 Å². The quantitative estimate of drug-likeness (QED) is 0.482. The van der Waals surface area contributed by atoms with E-state index in [2.05, 4.69) is 20.4 Å². The fourth-order valence-corrected chi connectivity index (χ4v) is 0.217. The van der Waals surface area contributed by atoms with Gasteiger partial charge in [-0.25, -0.2) is 0 Å². The van der Waals surface area contributed by atoms with Crippen LogP contribution in [0.25, 0.3) is 0 Å². The fourth-order valence-electron chi connectivity index (χ4n) is 0.217. The fraction of sp³-hybridized carbons (Fsp3) is 0.333. The molecule has 0 unspecified atom stereocenters. The van der Waals surface area contributed by atoms with Crippen molar-refractivity contribution in [2.45, 2.75) is 0 Å². The van der Waals surface area contributed by atoms with Crippen LogP contribution in [0.5, 0.6) is 0 Å². The SMILES string of the molecule is C=C([CH2+])COC[CH2-]. The molecular weight excluding hydrogens is 88.1 g/mol. The van der Waals surface area contributed by atoms with E-state index >= 15 is 0 Å². The molecule has 0 amide bonds. The average molecular weight is 98.1 g/mol. The Morgan fingerprint density at radius 2 is 2.43 bits per heavy atom. The second-order valence-electron chi connectivity index (χ2n) is 1.30. The molecule has 40 valence electrons. The van der Waals surface area contributed by atoms with Crippen LogP contribution in [0.15, 0.2) is 12.2 Å². The van der Waals surface area contributed by atoms with Crippen molar-refractivity contribution in [2.75, 3.05) is 13.2 Å². The highest BCUT2D eigenvalue weighted by molar-refractivity contribution is 4.97. The van der Waals surface area contributed by atoms with E-state index < -0.39 is 0 Å². The lowest BCUT2D eigenvalue weighted by molar-refractivity contribution is 0.187. The van der Waals surface area contributed by atoms with Crippen LogP contribution < -0.4 is 0 Å². The van der Waals surface area contributed by atoms with Gasteiger partial charge in [-0.3, -0.25) is 0 Å². The zero-order valence-electron chi connectivity index (χ0n) is 4.44. The highest BCUT2D eigenvalue weighted by Gasteiger charge is 1.85. The second-order valence-corrected chi connectivity index (χ2v) is 1.30. The smallest absolute Gasteiger partial charge is 0.122 e. The topological polar surface area (TPSA) is 9.23 Å². The summed E-state index contributed by atoms with van der Waals surface area (Å²) >= 11 is 0. The Labute approximate surface area is 45.0 Å². The summed E-state index contributed by atoms with van der Waals surface area (Å²) in [6.45, 7) is 11.5. The van der Waals surface area contributed by atoms with Gasteiger partial charge in [0.15, 0.2) is 0 Å². The number of hydrogen-bond donors (Lipinski definition) is 0. The van der Waals surface area contributed by atoms with Gasteiger partial charge in [-0.15, -0.1) is 0 Å². The van der Waals surface area contributed by atoms with Crippen LogP contribution in [0.1, 0.15) is 0 Å². The molecule has 0 aromatic rings. The van der Waals surface area contributed by atoms with Gasteiger partial charge < -0.3 is 11.7 Å². The molecule has 0 saturated carbocycles. The summed E-state index contributed by atoms with van der Waals surface area (Å²) in [7, 11) is 0. The zero-order chi connectivity index (χ0) is 5.70. The molecule has 0 aromatic carbocycles. The zero-order valence-corrected chi connectivity index (χ0v) is 4.44. The van der Waals surface area contributed by atoms with Gasteiger partial charge in [0.05, 0.1) is 0 Å². The monoisotopic (exact) mass is 98.1 g/mol. The van der Waals surface area contributed by atoms with E-state index in [4.69, 9.17) is 4.74 Å². The predicted molar refractivity (Wildman–Crippen MR) is 30.7 cm³/mol. The Bertz CT molecular complexity index is 57.2. The molecular formula is C6H10O. The van der Waals surface area contributed by atoms with Crippen LogP contribution in [0, 0.1) is 13.8 Å². The standard InChI is InChI=1S/C6H10O/c1-4-7-5-6(2)3/h1-5H2. The van der Waals surface area contributed by atoms with Crippen LogP contribution in [0.4, 0.5) is 0 Å². The van der Waals surface area contributed by atoms with Gasteiger partial charge in [0.1, 0.15) is 12.2 Å². The molecule has 0 rings (SSSR count). The molecule has 0 fully saturated rings. The maximum atomic E-state index is 4.82. The van der Waals surface area contributed by atoms with Crippen LogP contribution >= 0.6 is 0 Å². The van der Waals surface area contributed by atoms with E-state index in [1.165, 1.54) is 0 Å². The summed E-state index contributed by atoms with van der Waals surface area (Å²) in [5.41, 5.74) is 0.795. The molecule has 0 aliphatic heterocycles. The molecule has 0 atom stereocenters. The minimum Gasteiger partial charge on any atom is -0.405 e. The summed E-state index contributed by atoms with van der Waals surface area (Å²) in [5, 5.41) is 0. The van der Waals surface area contributed by atoms with Gasteiger partial charge in [0.2, 0.25) is 0 Å². The van der Waals surface area contributed by atoms with Gasteiger partial charge in [0, 0.05) is 13.5 Å². The highest BCUT2D eigenvalue weighted by Crippen LogP contribution is 1.84. The lowest BCUT2D eigenvalue weighted by Crippen LogP contribution is -1.92. The number of rotatable bonds is 3. The van der Waals surface area contributed by atoms with Gasteiger partial charge >= 0.3 is 0 Å². The summed E-state index contributed by atoms with van der Waals surface area (Å²) < 4.78 is 4.82. The first kappa shape index (κ1) is 6.57. The minimum atomic E-state index is 0.495. The minimum absolute atomic E-state index is 0.495. The van der Waals surface area contributed by atoms with Crippen LogP contribution in [-0.2, 0) is 4.74 Å². The van der Waals surface area contributed by atoms with Crippen molar-refractivity contribution in [3.8, 4) is 0 Å². The molecule has 0 bridgehead atoms. The Morgan fingerprint density at radius 1 is 1.86 bits per heavy atom. The molecule has 1 nitrogen and oxygen atoms in total. The summed E-state index contributed by atoms with van der Waals surface area (Å²) in [4.78, 5) is 0. The van der Waals surface area contributed by atoms with Crippen molar-refractivity contribution < 1.29 is 4.74 Å². The lowest BCUT2D eigenvalue weighted by Gasteiger charge is -1.96. The van der Waals surface area contributed by atoms with E-state index in [0.717, 1.165) is 5.57 Å². The maximum absolute atomic E-state index is 4.82. The number of ether oxygens (including phenoxy) is 1. The van der Waals surface area contributed by atoms with Crippen molar-refractivity contribution in [3.63, 3.8) is 0 Å². The van der Waals surface area contributed by atoms with E-state index in [-0.39, 0.29) is 0 Å². The third kappa shape index (κ3) is 5.57. The van der Waals surface area contributed by atoms with Crippen LogP contribution in [0.3, 0.4) is 0 Å². The molecule has 0 spiro atoms. The molecule has 7 heavy (non-hydrogen) atoms. The first-order chi connectivity index (χ1) is 3.27. The first-order valence-corrected chi connectivity index (χ1v) is 2.14. The molecule has 0 radical (unpaired) electrons. The van der Waals surface area contributed by atoms with Crippen LogP contribution in [0.2, 0.25) is 0 Å². The summed E-state index contributed by atoms with van der Waals surface area (Å²) in [5.74, 6) is 0. The molecule has 0 aromatic heterocycles. The van der Waals surface area contributed by atoms with Gasteiger partial charge in [-0.2, -0.15) is 0 Å². The molecule has 0 saturated heterocycles. The highest BCUT2D eigenvalue weighted by atomic mass is 16.5. The average Bonchev–Trinajstić information content (AvgIpc) is 1.61. The van der Waals surface area contributed by atoms with Crippen molar-refractivity contribution in [3.05, 3.63) is 26.0 Å². The molecule has 0 heterocycles. The number of hydrogen-bond acceptors (Lipinski definition) is 1. The normalized spacial score (nSPS) is 8.71. The predicted octanol–water partition coefficient (Wildman–Crippen LogP) is 1.23. The van der Waals surface area contributed by atoms with E-state index in [1.54, 1.807) is 0 Å². The van der Waals surface area contributed by atoms with Gasteiger partial charge in [-0.05, 0) is 0 Å². The Hall–Kier alpha value is -0.430. The molecule has 0 aliphatic carbocycles.